The van der Waals surface area contributed by atoms with Gasteiger partial charge in [-0.3, -0.25) is 14.9 Å². The summed E-state index contributed by atoms with van der Waals surface area (Å²) in [5.74, 6) is -1.95. The summed E-state index contributed by atoms with van der Waals surface area (Å²) in [4.78, 5) is 35.4. The van der Waals surface area contributed by atoms with Gasteiger partial charge in [-0.15, -0.1) is 0 Å². The summed E-state index contributed by atoms with van der Waals surface area (Å²) in [6.45, 7) is 3.26. The summed E-state index contributed by atoms with van der Waals surface area (Å²) in [7, 11) is 1.31. The molecule has 2 aromatic rings. The van der Waals surface area contributed by atoms with Gasteiger partial charge >= 0.3 is 5.97 Å². The van der Waals surface area contributed by atoms with Crippen LogP contribution >= 0.6 is 0 Å². The van der Waals surface area contributed by atoms with Crippen LogP contribution < -0.4 is 9.47 Å². The minimum absolute atomic E-state index is 0.0838. The van der Waals surface area contributed by atoms with Crippen molar-refractivity contribution in [3.8, 4) is 11.5 Å². The number of Topliss-reactive ketones (excluding diaryl/α,β-unsaturated/α-hetero) is 1. The van der Waals surface area contributed by atoms with Crippen LogP contribution in [0.4, 0.5) is 10.1 Å². The lowest BCUT2D eigenvalue weighted by Gasteiger charge is -2.14. The Morgan fingerprint density at radius 2 is 1.82 bits per heavy atom. The van der Waals surface area contributed by atoms with Gasteiger partial charge in [0.2, 0.25) is 5.78 Å². The molecule has 2 aromatic carbocycles. The predicted molar refractivity (Wildman–Crippen MR) is 96.4 cm³/mol. The molecule has 8 nitrogen and oxygen atoms in total. The lowest BCUT2D eigenvalue weighted by molar-refractivity contribution is -0.385. The van der Waals surface area contributed by atoms with E-state index in [1.54, 1.807) is 6.92 Å². The summed E-state index contributed by atoms with van der Waals surface area (Å²) in [5, 5.41) is 11.3. The van der Waals surface area contributed by atoms with Crippen molar-refractivity contribution < 1.29 is 33.1 Å². The second-order valence-corrected chi connectivity index (χ2v) is 5.63. The van der Waals surface area contributed by atoms with E-state index in [1.807, 2.05) is 0 Å². The Bertz CT molecular complexity index is 896. The molecule has 0 aliphatic heterocycles. The normalized spacial score (nSPS) is 11.4. The molecule has 0 bridgehead atoms. The van der Waals surface area contributed by atoms with Crippen molar-refractivity contribution in [2.24, 2.45) is 0 Å². The predicted octanol–water partition coefficient (Wildman–Crippen LogP) is 3.57. The zero-order valence-corrected chi connectivity index (χ0v) is 15.4. The molecule has 1 atom stereocenters. The fraction of sp³-hybridized carbons (Fsp3) is 0.263. The van der Waals surface area contributed by atoms with Crippen molar-refractivity contribution >= 4 is 17.4 Å². The van der Waals surface area contributed by atoms with E-state index in [0.29, 0.717) is 0 Å². The highest BCUT2D eigenvalue weighted by atomic mass is 19.1. The fourth-order valence-corrected chi connectivity index (χ4v) is 2.42. The standard InChI is InChI=1S/C19H18FNO7/c1-4-27-17-9-14(15(21(24)25)10-16(17)26-3)19(23)28-11(2)18(22)12-5-7-13(20)8-6-12/h5-11H,4H2,1-3H3/t11-/m0/s1. The molecule has 0 N–H and O–H groups in total. The molecule has 2 rings (SSSR count). The van der Waals surface area contributed by atoms with Gasteiger partial charge in [0.15, 0.2) is 17.6 Å². The third-order valence-corrected chi connectivity index (χ3v) is 3.78. The number of nitro benzene ring substituents is 1. The molecule has 9 heteroatoms. The van der Waals surface area contributed by atoms with E-state index >= 15 is 0 Å². The Hall–Kier alpha value is -3.49. The second-order valence-electron chi connectivity index (χ2n) is 5.63. The Labute approximate surface area is 160 Å². The topological polar surface area (TPSA) is 105 Å². The number of hydrogen-bond acceptors (Lipinski definition) is 7. The van der Waals surface area contributed by atoms with Crippen LogP contribution in [0, 0.1) is 15.9 Å². The summed E-state index contributed by atoms with van der Waals surface area (Å²) in [5.41, 5.74) is -0.791. The summed E-state index contributed by atoms with van der Waals surface area (Å²) < 4.78 is 28.5. The molecule has 0 spiro atoms. The van der Waals surface area contributed by atoms with Crippen molar-refractivity contribution in [2.75, 3.05) is 13.7 Å². The van der Waals surface area contributed by atoms with Crippen molar-refractivity contribution in [3.63, 3.8) is 0 Å². The van der Waals surface area contributed by atoms with E-state index in [9.17, 15) is 24.1 Å². The van der Waals surface area contributed by atoms with Gasteiger partial charge in [0.05, 0.1) is 24.7 Å². The number of nitrogens with zero attached hydrogens (tertiary/aromatic N) is 1. The molecule has 0 saturated carbocycles. The van der Waals surface area contributed by atoms with E-state index in [2.05, 4.69) is 0 Å². The highest BCUT2D eigenvalue weighted by Gasteiger charge is 2.28. The largest absolute Gasteiger partial charge is 0.493 e. The van der Waals surface area contributed by atoms with Gasteiger partial charge in [0, 0.05) is 11.6 Å². The van der Waals surface area contributed by atoms with Gasteiger partial charge in [-0.1, -0.05) is 0 Å². The molecule has 0 amide bonds. The van der Waals surface area contributed by atoms with Crippen LogP contribution in [0.5, 0.6) is 11.5 Å². The average Bonchev–Trinajstić information content (AvgIpc) is 2.67. The van der Waals surface area contributed by atoms with Crippen LogP contribution in [-0.4, -0.2) is 36.5 Å². The number of carbonyl (C=O) groups is 2. The van der Waals surface area contributed by atoms with Gasteiger partial charge in [0.25, 0.3) is 5.69 Å². The quantitative estimate of drug-likeness (QED) is 0.293. The first kappa shape index (κ1) is 20.8. The maximum Gasteiger partial charge on any atom is 0.346 e. The van der Waals surface area contributed by atoms with E-state index in [-0.39, 0.29) is 29.2 Å². The first-order valence-corrected chi connectivity index (χ1v) is 8.28. The first-order chi connectivity index (χ1) is 13.3. The summed E-state index contributed by atoms with van der Waals surface area (Å²) >= 11 is 0. The van der Waals surface area contributed by atoms with Crippen LogP contribution in [0.2, 0.25) is 0 Å². The van der Waals surface area contributed by atoms with E-state index in [1.165, 1.54) is 26.2 Å². The van der Waals surface area contributed by atoms with Crippen molar-refractivity contribution in [1.82, 2.24) is 0 Å². The van der Waals surface area contributed by atoms with E-state index in [0.717, 1.165) is 24.3 Å². The molecular weight excluding hydrogens is 373 g/mol. The lowest BCUT2D eigenvalue weighted by atomic mass is 10.1. The number of ketones is 1. The van der Waals surface area contributed by atoms with Gasteiger partial charge in [0.1, 0.15) is 11.4 Å². The maximum atomic E-state index is 13.0. The molecule has 148 valence electrons. The first-order valence-electron chi connectivity index (χ1n) is 8.28. The van der Waals surface area contributed by atoms with Gasteiger partial charge in [-0.25, -0.2) is 9.18 Å². The molecule has 0 aromatic heterocycles. The number of rotatable bonds is 8. The maximum absolute atomic E-state index is 13.0. The Morgan fingerprint density at radius 3 is 2.36 bits per heavy atom. The van der Waals surface area contributed by atoms with Crippen molar-refractivity contribution in [2.45, 2.75) is 20.0 Å². The number of hydrogen-bond donors (Lipinski definition) is 0. The Morgan fingerprint density at radius 1 is 1.18 bits per heavy atom. The minimum Gasteiger partial charge on any atom is -0.493 e. The SMILES string of the molecule is CCOc1cc(C(=O)O[C@@H](C)C(=O)c2ccc(F)cc2)c([N+](=O)[O-])cc1OC. The van der Waals surface area contributed by atoms with Crippen LogP contribution in [0.15, 0.2) is 36.4 Å². The van der Waals surface area contributed by atoms with Gasteiger partial charge < -0.3 is 14.2 Å². The third kappa shape index (κ3) is 4.61. The van der Waals surface area contributed by atoms with Crippen molar-refractivity contribution in [1.29, 1.82) is 0 Å². The number of ether oxygens (including phenoxy) is 3. The Balaban J connectivity index is 2.31. The summed E-state index contributed by atoms with van der Waals surface area (Å²) in [6, 6.07) is 6.90. The number of nitro groups is 1. The highest BCUT2D eigenvalue weighted by Crippen LogP contribution is 2.35. The van der Waals surface area contributed by atoms with Crippen LogP contribution in [0.25, 0.3) is 0 Å². The number of benzene rings is 2. The molecule has 0 fully saturated rings. The molecule has 0 saturated heterocycles. The second kappa shape index (κ2) is 8.94. The molecule has 0 aliphatic carbocycles. The zero-order chi connectivity index (χ0) is 20.8. The molecule has 0 unspecified atom stereocenters. The Kier molecular flexibility index (Phi) is 6.64. The van der Waals surface area contributed by atoms with Crippen molar-refractivity contribution in [3.05, 3.63) is 63.5 Å². The highest BCUT2D eigenvalue weighted by molar-refractivity contribution is 6.02. The van der Waals surface area contributed by atoms with Gasteiger partial charge in [-0.05, 0) is 38.1 Å². The molecule has 0 aliphatic rings. The molecular formula is C19H18FNO7. The zero-order valence-electron chi connectivity index (χ0n) is 15.4. The summed E-state index contributed by atoms with van der Waals surface area (Å²) in [6.07, 6.45) is -1.24. The monoisotopic (exact) mass is 391 g/mol. The number of methoxy groups -OCH3 is 1. The van der Waals surface area contributed by atoms with Gasteiger partial charge in [-0.2, -0.15) is 0 Å². The van der Waals surface area contributed by atoms with Crippen LogP contribution in [0.1, 0.15) is 34.6 Å². The molecule has 0 radical (unpaired) electrons. The molecule has 28 heavy (non-hydrogen) atoms. The van der Waals surface area contributed by atoms with E-state index < -0.39 is 34.3 Å². The smallest absolute Gasteiger partial charge is 0.346 e. The molecule has 0 heterocycles. The minimum atomic E-state index is -1.24. The number of halogens is 1. The van der Waals surface area contributed by atoms with Crippen LogP contribution in [0.3, 0.4) is 0 Å². The average molecular weight is 391 g/mol. The van der Waals surface area contributed by atoms with Crippen LogP contribution in [-0.2, 0) is 4.74 Å². The lowest BCUT2D eigenvalue weighted by Crippen LogP contribution is -2.25. The fourth-order valence-electron chi connectivity index (χ4n) is 2.42. The third-order valence-electron chi connectivity index (χ3n) is 3.78. The number of carbonyl (C=O) groups excluding carboxylic acids is 2. The number of esters is 1. The van der Waals surface area contributed by atoms with E-state index in [4.69, 9.17) is 14.2 Å².